The van der Waals surface area contributed by atoms with E-state index in [0.717, 1.165) is 47.8 Å². The number of rotatable bonds is 6. The van der Waals surface area contributed by atoms with Crippen molar-refractivity contribution >= 4 is 6.03 Å². The van der Waals surface area contributed by atoms with Crippen molar-refractivity contribution in [3.63, 3.8) is 0 Å². The van der Waals surface area contributed by atoms with Gasteiger partial charge in [-0.2, -0.15) is 0 Å². The highest BCUT2D eigenvalue weighted by Gasteiger charge is 2.16. The van der Waals surface area contributed by atoms with Crippen LogP contribution in [0.5, 0.6) is 5.75 Å². The van der Waals surface area contributed by atoms with E-state index in [2.05, 4.69) is 35.1 Å². The van der Waals surface area contributed by atoms with Gasteiger partial charge in [0.1, 0.15) is 5.75 Å². The first kappa shape index (κ1) is 18.3. The summed E-state index contributed by atoms with van der Waals surface area (Å²) >= 11 is 0. The van der Waals surface area contributed by atoms with E-state index < -0.39 is 0 Å². The van der Waals surface area contributed by atoms with Crippen LogP contribution in [-0.2, 0) is 11.3 Å². The number of urea groups is 1. The number of benzene rings is 1. The van der Waals surface area contributed by atoms with E-state index in [9.17, 15) is 4.79 Å². The minimum Gasteiger partial charge on any atom is -0.497 e. The molecule has 6 heteroatoms. The van der Waals surface area contributed by atoms with Crippen LogP contribution in [0, 0.1) is 13.8 Å². The highest BCUT2D eigenvalue weighted by Crippen LogP contribution is 2.22. The fraction of sp³-hybridized carbons (Fsp3) is 0.450. The Labute approximate surface area is 154 Å². The third kappa shape index (κ3) is 4.19. The minimum absolute atomic E-state index is 0.154. The number of hydrogen-bond acceptors (Lipinski definition) is 3. The lowest BCUT2D eigenvalue weighted by atomic mass is 10.2. The van der Waals surface area contributed by atoms with Crippen molar-refractivity contribution in [3.8, 4) is 11.4 Å². The first-order chi connectivity index (χ1) is 12.6. The summed E-state index contributed by atoms with van der Waals surface area (Å²) in [6, 6.07) is 9.92. The second-order valence-corrected chi connectivity index (χ2v) is 6.63. The Balaban J connectivity index is 1.60. The number of nitrogens with one attached hydrogen (secondary N) is 2. The van der Waals surface area contributed by atoms with Gasteiger partial charge in [0.15, 0.2) is 0 Å². The number of carbonyl (C=O) groups excluding carboxylic acids is 1. The number of nitrogens with zero attached hydrogens (tertiary/aromatic N) is 1. The van der Waals surface area contributed by atoms with Gasteiger partial charge in [0.2, 0.25) is 0 Å². The molecule has 1 saturated heterocycles. The van der Waals surface area contributed by atoms with E-state index in [4.69, 9.17) is 9.47 Å². The zero-order valence-corrected chi connectivity index (χ0v) is 15.7. The smallest absolute Gasteiger partial charge is 0.315 e. The quantitative estimate of drug-likeness (QED) is 0.835. The molecular weight excluding hydrogens is 330 g/mol. The van der Waals surface area contributed by atoms with Crippen molar-refractivity contribution in [1.82, 2.24) is 15.2 Å². The van der Waals surface area contributed by atoms with Crippen molar-refractivity contribution in [1.29, 1.82) is 0 Å². The van der Waals surface area contributed by atoms with Crippen LogP contribution in [-0.4, -0.2) is 37.0 Å². The van der Waals surface area contributed by atoms with Crippen molar-refractivity contribution < 1.29 is 14.3 Å². The molecule has 1 aromatic carbocycles. The zero-order chi connectivity index (χ0) is 18.5. The maximum absolute atomic E-state index is 12.0. The summed E-state index contributed by atoms with van der Waals surface area (Å²) in [5, 5.41) is 5.82. The molecule has 2 aromatic rings. The minimum atomic E-state index is -0.158. The van der Waals surface area contributed by atoms with Gasteiger partial charge in [-0.1, -0.05) is 0 Å². The van der Waals surface area contributed by atoms with Crippen LogP contribution in [0.4, 0.5) is 4.79 Å². The molecule has 0 spiro atoms. The van der Waals surface area contributed by atoms with Crippen LogP contribution in [0.1, 0.15) is 29.8 Å². The first-order valence-corrected chi connectivity index (χ1v) is 9.04. The SMILES string of the molecule is COc1ccc(-n2c(C)cc(CNC(=O)NC[C@@H]3CCCO3)c2C)cc1. The van der Waals surface area contributed by atoms with E-state index in [0.29, 0.717) is 13.1 Å². The van der Waals surface area contributed by atoms with E-state index in [1.54, 1.807) is 7.11 Å². The lowest BCUT2D eigenvalue weighted by Gasteiger charge is -2.12. The summed E-state index contributed by atoms with van der Waals surface area (Å²) in [5.41, 5.74) is 4.43. The van der Waals surface area contributed by atoms with E-state index in [1.807, 2.05) is 24.3 Å². The Kier molecular flexibility index (Phi) is 5.83. The van der Waals surface area contributed by atoms with Gasteiger partial charge in [0.25, 0.3) is 0 Å². The average Bonchev–Trinajstić information content (AvgIpc) is 3.26. The van der Waals surface area contributed by atoms with Crippen molar-refractivity contribution in [3.05, 3.63) is 47.3 Å². The normalized spacial score (nSPS) is 16.5. The Hall–Kier alpha value is -2.47. The van der Waals surface area contributed by atoms with Crippen LogP contribution in [0.2, 0.25) is 0 Å². The van der Waals surface area contributed by atoms with Crippen LogP contribution in [0.25, 0.3) is 5.69 Å². The molecule has 0 aliphatic carbocycles. The number of methoxy groups -OCH3 is 1. The molecule has 1 aliphatic heterocycles. The molecule has 1 atom stereocenters. The molecule has 2 heterocycles. The van der Waals surface area contributed by atoms with Gasteiger partial charge in [-0.15, -0.1) is 0 Å². The molecule has 6 nitrogen and oxygen atoms in total. The maximum Gasteiger partial charge on any atom is 0.315 e. The van der Waals surface area contributed by atoms with Crippen LogP contribution < -0.4 is 15.4 Å². The molecule has 140 valence electrons. The largest absolute Gasteiger partial charge is 0.497 e. The third-order valence-corrected chi connectivity index (χ3v) is 4.82. The predicted molar refractivity (Wildman–Crippen MR) is 101 cm³/mol. The Morgan fingerprint density at radius 2 is 2.04 bits per heavy atom. The summed E-state index contributed by atoms with van der Waals surface area (Å²) in [5.74, 6) is 0.834. The van der Waals surface area contributed by atoms with Gasteiger partial charge < -0.3 is 24.7 Å². The van der Waals surface area contributed by atoms with E-state index in [1.165, 1.54) is 0 Å². The van der Waals surface area contributed by atoms with E-state index >= 15 is 0 Å². The van der Waals surface area contributed by atoms with Gasteiger partial charge in [-0.25, -0.2) is 4.79 Å². The average molecular weight is 357 g/mol. The molecule has 0 unspecified atom stereocenters. The molecule has 0 radical (unpaired) electrons. The molecule has 0 bridgehead atoms. The molecule has 1 aromatic heterocycles. The topological polar surface area (TPSA) is 64.5 Å². The number of aryl methyl sites for hydroxylation is 1. The number of hydrogen-bond donors (Lipinski definition) is 2. The summed E-state index contributed by atoms with van der Waals surface area (Å²) in [4.78, 5) is 12.0. The van der Waals surface area contributed by atoms with Crippen molar-refractivity contribution in [2.24, 2.45) is 0 Å². The summed E-state index contributed by atoms with van der Waals surface area (Å²) < 4.78 is 12.9. The van der Waals surface area contributed by atoms with Gasteiger partial charge >= 0.3 is 6.03 Å². The molecule has 26 heavy (non-hydrogen) atoms. The first-order valence-electron chi connectivity index (χ1n) is 9.04. The molecule has 1 fully saturated rings. The standard InChI is InChI=1S/C20H27N3O3/c1-14-11-16(12-21-20(24)22-13-19-5-4-10-26-19)15(2)23(14)17-6-8-18(25-3)9-7-17/h6-9,11,19H,4-5,10,12-13H2,1-3H3,(H2,21,22,24)/t19-/m0/s1. The van der Waals surface area contributed by atoms with Gasteiger partial charge in [0.05, 0.1) is 13.2 Å². The number of amides is 2. The van der Waals surface area contributed by atoms with Gasteiger partial charge in [-0.05, 0) is 62.6 Å². The van der Waals surface area contributed by atoms with E-state index in [-0.39, 0.29) is 12.1 Å². The number of carbonyl (C=O) groups is 1. The highest BCUT2D eigenvalue weighted by atomic mass is 16.5. The Morgan fingerprint density at radius 3 is 2.69 bits per heavy atom. The highest BCUT2D eigenvalue weighted by molar-refractivity contribution is 5.73. The Bertz CT molecular complexity index is 746. The zero-order valence-electron chi connectivity index (χ0n) is 15.7. The number of aromatic nitrogens is 1. The fourth-order valence-corrected chi connectivity index (χ4v) is 3.39. The van der Waals surface area contributed by atoms with Gasteiger partial charge in [-0.3, -0.25) is 0 Å². The molecule has 1 aliphatic rings. The predicted octanol–water partition coefficient (Wildman–Crippen LogP) is 3.08. The lowest BCUT2D eigenvalue weighted by Crippen LogP contribution is -2.39. The molecule has 3 rings (SSSR count). The maximum atomic E-state index is 12.0. The van der Waals surface area contributed by atoms with Crippen molar-refractivity contribution in [2.75, 3.05) is 20.3 Å². The fourth-order valence-electron chi connectivity index (χ4n) is 3.39. The molecular formula is C20H27N3O3. The number of ether oxygens (including phenoxy) is 2. The molecule has 0 saturated carbocycles. The lowest BCUT2D eigenvalue weighted by molar-refractivity contribution is 0.111. The molecule has 2 N–H and O–H groups in total. The summed E-state index contributed by atoms with van der Waals surface area (Å²) in [7, 11) is 1.66. The summed E-state index contributed by atoms with van der Waals surface area (Å²) in [6.45, 7) is 5.99. The second-order valence-electron chi connectivity index (χ2n) is 6.63. The van der Waals surface area contributed by atoms with Crippen LogP contribution in [0.3, 0.4) is 0 Å². The summed E-state index contributed by atoms with van der Waals surface area (Å²) in [6.07, 6.45) is 2.25. The van der Waals surface area contributed by atoms with Crippen LogP contribution in [0.15, 0.2) is 30.3 Å². The monoisotopic (exact) mass is 357 g/mol. The van der Waals surface area contributed by atoms with Crippen molar-refractivity contribution in [2.45, 2.75) is 39.3 Å². The molecule has 2 amide bonds. The second kappa shape index (κ2) is 8.27. The Morgan fingerprint density at radius 1 is 1.27 bits per heavy atom. The van der Waals surface area contributed by atoms with Crippen LogP contribution >= 0.6 is 0 Å². The van der Waals surface area contributed by atoms with Gasteiger partial charge in [0, 0.05) is 36.8 Å². The third-order valence-electron chi connectivity index (χ3n) is 4.82.